The third-order valence-corrected chi connectivity index (χ3v) is 8.62. The minimum Gasteiger partial charge on any atom is -0.508 e. The van der Waals surface area contributed by atoms with Crippen molar-refractivity contribution in [3.05, 3.63) is 132 Å². The van der Waals surface area contributed by atoms with Gasteiger partial charge in [-0.15, -0.1) is 6.58 Å². The Hall–Kier alpha value is -5.35. The van der Waals surface area contributed by atoms with Crippen LogP contribution < -0.4 is 0 Å². The summed E-state index contributed by atoms with van der Waals surface area (Å²) in [7, 11) is 0. The molecule has 0 radical (unpaired) electrons. The van der Waals surface area contributed by atoms with Gasteiger partial charge in [-0.2, -0.15) is 4.39 Å². The number of aryl methyl sites for hydroxylation is 1. The number of benzene rings is 3. The van der Waals surface area contributed by atoms with Crippen LogP contribution in [0.4, 0.5) is 4.39 Å². The second-order valence-electron chi connectivity index (χ2n) is 11.8. The summed E-state index contributed by atoms with van der Waals surface area (Å²) in [5, 5.41) is 13.2. The molecule has 6 rings (SSSR count). The van der Waals surface area contributed by atoms with E-state index in [1.807, 2.05) is 54.6 Å². The summed E-state index contributed by atoms with van der Waals surface area (Å²) < 4.78 is 13.5. The number of amides is 3. The van der Waals surface area contributed by atoms with E-state index < -0.39 is 18.2 Å². The summed E-state index contributed by atoms with van der Waals surface area (Å²) >= 11 is 0. The molecule has 240 valence electrons. The van der Waals surface area contributed by atoms with Crippen LogP contribution in [-0.4, -0.2) is 79.5 Å². The summed E-state index contributed by atoms with van der Waals surface area (Å²) in [5.74, 6) is -1.09. The predicted molar refractivity (Wildman–Crippen MR) is 175 cm³/mol. The summed E-state index contributed by atoms with van der Waals surface area (Å²) in [4.78, 5) is 49.2. The quantitative estimate of drug-likeness (QED) is 0.203. The van der Waals surface area contributed by atoms with E-state index in [1.165, 1.54) is 12.3 Å². The largest absolute Gasteiger partial charge is 0.508 e. The number of carbonyl (C=O) groups excluding carboxylic acids is 3. The average molecular weight is 634 g/mol. The zero-order valence-electron chi connectivity index (χ0n) is 25.9. The molecule has 3 heterocycles. The van der Waals surface area contributed by atoms with Crippen LogP contribution in [-0.2, 0) is 33.8 Å². The maximum Gasteiger partial charge on any atom is 0.246 e. The third kappa shape index (κ3) is 7.07. The van der Waals surface area contributed by atoms with E-state index in [-0.39, 0.29) is 62.5 Å². The summed E-state index contributed by atoms with van der Waals surface area (Å²) in [6.07, 6.45) is 3.36. The first-order valence-electron chi connectivity index (χ1n) is 15.6. The van der Waals surface area contributed by atoms with Crippen LogP contribution in [0.2, 0.25) is 0 Å². The van der Waals surface area contributed by atoms with Crippen molar-refractivity contribution >= 4 is 17.7 Å². The second-order valence-corrected chi connectivity index (χ2v) is 11.8. The predicted octanol–water partition coefficient (Wildman–Crippen LogP) is 4.58. The summed E-state index contributed by atoms with van der Waals surface area (Å²) in [6.45, 7) is 4.43. The van der Waals surface area contributed by atoms with Gasteiger partial charge < -0.3 is 14.9 Å². The number of hydrazine groups is 1. The molecule has 0 bridgehead atoms. The Kier molecular flexibility index (Phi) is 9.40. The zero-order valence-corrected chi connectivity index (χ0v) is 25.9. The minimum atomic E-state index is -0.870. The first-order valence-corrected chi connectivity index (χ1v) is 15.6. The van der Waals surface area contributed by atoms with Gasteiger partial charge in [-0.05, 0) is 59.0 Å². The number of pyridine rings is 1. The van der Waals surface area contributed by atoms with E-state index in [1.54, 1.807) is 56.2 Å². The molecule has 2 atom stereocenters. The molecule has 0 spiro atoms. The Morgan fingerprint density at radius 2 is 1.70 bits per heavy atom. The van der Waals surface area contributed by atoms with E-state index in [4.69, 9.17) is 0 Å². The first-order chi connectivity index (χ1) is 22.8. The number of carbonyl (C=O) groups is 3. The van der Waals surface area contributed by atoms with E-state index in [2.05, 4.69) is 11.6 Å². The lowest BCUT2D eigenvalue weighted by Gasteiger charge is -2.55. The molecule has 4 aromatic rings. The monoisotopic (exact) mass is 633 g/mol. The van der Waals surface area contributed by atoms with Gasteiger partial charge in [0, 0.05) is 37.7 Å². The molecule has 3 amide bonds. The van der Waals surface area contributed by atoms with Gasteiger partial charge in [0.2, 0.25) is 23.7 Å². The van der Waals surface area contributed by atoms with Crippen LogP contribution >= 0.6 is 0 Å². The van der Waals surface area contributed by atoms with Crippen molar-refractivity contribution in [2.75, 3.05) is 19.6 Å². The number of rotatable bonds is 10. The van der Waals surface area contributed by atoms with Crippen molar-refractivity contribution < 1.29 is 23.9 Å². The summed E-state index contributed by atoms with van der Waals surface area (Å²) in [6, 6.07) is 26.0. The van der Waals surface area contributed by atoms with Crippen LogP contribution in [0, 0.1) is 5.95 Å². The number of fused-ring (bicyclic) bond motifs is 1. The van der Waals surface area contributed by atoms with E-state index in [9.17, 15) is 23.9 Å². The van der Waals surface area contributed by atoms with Crippen LogP contribution in [0.3, 0.4) is 0 Å². The summed E-state index contributed by atoms with van der Waals surface area (Å²) in [5.41, 5.74) is 4.20. The van der Waals surface area contributed by atoms with Gasteiger partial charge in [0.1, 0.15) is 18.0 Å². The number of piperazine rings is 1. The van der Waals surface area contributed by atoms with Gasteiger partial charge in [0.25, 0.3) is 0 Å². The number of halogens is 1. The lowest BCUT2D eigenvalue weighted by atomic mass is 9.97. The molecule has 10 heteroatoms. The fourth-order valence-corrected chi connectivity index (χ4v) is 6.39. The number of aromatic nitrogens is 1. The van der Waals surface area contributed by atoms with Crippen molar-refractivity contribution in [2.45, 2.75) is 38.0 Å². The molecule has 1 N–H and O–H groups in total. The number of hydrogen-bond acceptors (Lipinski definition) is 6. The van der Waals surface area contributed by atoms with E-state index >= 15 is 0 Å². The molecular weight excluding hydrogens is 597 g/mol. The van der Waals surface area contributed by atoms with E-state index in [0.717, 1.165) is 27.8 Å². The fraction of sp³-hybridized carbons (Fsp3) is 0.243. The molecule has 0 unspecified atom stereocenters. The van der Waals surface area contributed by atoms with Gasteiger partial charge in [0.05, 0.1) is 13.1 Å². The molecule has 0 aliphatic carbocycles. The highest BCUT2D eigenvalue weighted by atomic mass is 19.1. The maximum atomic E-state index is 14.3. The van der Waals surface area contributed by atoms with E-state index in [0.29, 0.717) is 6.42 Å². The Bertz CT molecular complexity index is 1750. The Balaban J connectivity index is 1.34. The van der Waals surface area contributed by atoms with Crippen LogP contribution in [0.5, 0.6) is 5.75 Å². The molecule has 2 fully saturated rings. The SMILES string of the molecule is C=CCN1CC(=O)N2[C@@H](Cc3ccc(O)cc3)C(=O)N(Cc3cccc(-c4ccc(F)nc4)c3)C[C@@H]2N1C(=O)CCc1ccccc1. The van der Waals surface area contributed by atoms with Crippen LogP contribution in [0.25, 0.3) is 11.1 Å². The van der Waals surface area contributed by atoms with Gasteiger partial charge in [-0.3, -0.25) is 14.4 Å². The fourth-order valence-electron chi connectivity index (χ4n) is 6.39. The Labute approximate surface area is 273 Å². The van der Waals surface area contributed by atoms with Gasteiger partial charge in [0.15, 0.2) is 0 Å². The number of aromatic hydroxyl groups is 1. The molecule has 3 aromatic carbocycles. The Morgan fingerprint density at radius 3 is 2.43 bits per heavy atom. The number of hydrogen-bond donors (Lipinski definition) is 1. The standard InChI is InChI=1S/C37H36FN5O4/c1-2-19-41-25-36(46)42-32(21-27-11-15-31(44)16-12-27)37(47)40(23-28-9-6-10-29(20-28)30-14-17-33(38)39-22-30)24-34(42)43(41)35(45)18-13-26-7-4-3-5-8-26/h2-12,14-17,20,22,32,34,44H,1,13,18-19,21,23-25H2/t32-,34-/m0/s1. The van der Waals surface area contributed by atoms with Gasteiger partial charge >= 0.3 is 0 Å². The molecule has 2 aliphatic rings. The molecule has 2 saturated heterocycles. The smallest absolute Gasteiger partial charge is 0.246 e. The zero-order chi connectivity index (χ0) is 32.9. The topological polar surface area (TPSA) is 97.3 Å². The first kappa shape index (κ1) is 31.6. The normalized spacial score (nSPS) is 18.3. The molecule has 47 heavy (non-hydrogen) atoms. The highest BCUT2D eigenvalue weighted by molar-refractivity contribution is 5.92. The number of phenols is 1. The van der Waals surface area contributed by atoms with Crippen molar-refractivity contribution in [1.29, 1.82) is 0 Å². The van der Waals surface area contributed by atoms with Crippen LogP contribution in [0.1, 0.15) is 23.1 Å². The highest BCUT2D eigenvalue weighted by Crippen LogP contribution is 2.31. The van der Waals surface area contributed by atoms with Gasteiger partial charge in [-0.25, -0.2) is 15.0 Å². The lowest BCUT2D eigenvalue weighted by Crippen LogP contribution is -2.75. The highest BCUT2D eigenvalue weighted by Gasteiger charge is 2.51. The maximum absolute atomic E-state index is 14.3. The molecule has 0 saturated carbocycles. The molecule has 9 nitrogen and oxygen atoms in total. The molecule has 1 aromatic heterocycles. The second kappa shape index (κ2) is 14.0. The number of phenolic OH excluding ortho intramolecular Hbond substituents is 1. The van der Waals surface area contributed by atoms with Crippen molar-refractivity contribution in [3.8, 4) is 16.9 Å². The van der Waals surface area contributed by atoms with Crippen molar-refractivity contribution in [1.82, 2.24) is 24.8 Å². The third-order valence-electron chi connectivity index (χ3n) is 8.62. The average Bonchev–Trinajstić information content (AvgIpc) is 3.07. The van der Waals surface area contributed by atoms with Gasteiger partial charge in [-0.1, -0.05) is 66.7 Å². The molecular formula is C37H36FN5O4. The lowest BCUT2D eigenvalue weighted by molar-refractivity contribution is -0.205. The minimum absolute atomic E-state index is 0.0628. The molecule has 2 aliphatic heterocycles. The Morgan fingerprint density at radius 1 is 0.936 bits per heavy atom. The van der Waals surface area contributed by atoms with Crippen LogP contribution in [0.15, 0.2) is 110 Å². The van der Waals surface area contributed by atoms with Crippen molar-refractivity contribution in [2.24, 2.45) is 0 Å². The number of nitrogens with zero attached hydrogens (tertiary/aromatic N) is 5. The van der Waals surface area contributed by atoms with Crippen molar-refractivity contribution in [3.63, 3.8) is 0 Å².